The van der Waals surface area contributed by atoms with Crippen molar-refractivity contribution in [2.75, 3.05) is 12.8 Å². The maximum absolute atomic E-state index is 12.2. The van der Waals surface area contributed by atoms with Gasteiger partial charge in [0, 0.05) is 12.3 Å². The lowest BCUT2D eigenvalue weighted by Crippen LogP contribution is -2.53. The Kier molecular flexibility index (Phi) is 6.00. The molecule has 4 heteroatoms. The third-order valence-corrected chi connectivity index (χ3v) is 6.68. The van der Waals surface area contributed by atoms with Gasteiger partial charge in [-0.1, -0.05) is 25.1 Å². The summed E-state index contributed by atoms with van der Waals surface area (Å²) in [5, 5.41) is 3.44. The summed E-state index contributed by atoms with van der Waals surface area (Å²) >= 11 is 0. The first kappa shape index (κ1) is 18.2. The summed E-state index contributed by atoms with van der Waals surface area (Å²) in [5.41, 5.74) is 3.70. The zero-order chi connectivity index (χ0) is 16.3. The summed E-state index contributed by atoms with van der Waals surface area (Å²) in [6, 6.07) is 6.14. The molecule has 0 aliphatic heterocycles. The molecule has 0 heterocycles. The summed E-state index contributed by atoms with van der Waals surface area (Å²) < 4.78 is 23.6. The van der Waals surface area contributed by atoms with Crippen molar-refractivity contribution in [2.24, 2.45) is 0 Å². The molecule has 1 aromatic rings. The maximum Gasteiger partial charge on any atom is 0.154 e. The predicted molar refractivity (Wildman–Crippen MR) is 90.6 cm³/mol. The maximum atomic E-state index is 12.2. The summed E-state index contributed by atoms with van der Waals surface area (Å²) in [7, 11) is -3.14. The van der Waals surface area contributed by atoms with Crippen molar-refractivity contribution in [3.8, 4) is 0 Å². The van der Waals surface area contributed by atoms with E-state index in [4.69, 9.17) is 0 Å². The molecule has 1 atom stereocenters. The van der Waals surface area contributed by atoms with E-state index in [1.54, 1.807) is 0 Å². The monoisotopic (exact) mass is 311 g/mol. The van der Waals surface area contributed by atoms with Gasteiger partial charge in [-0.2, -0.15) is 0 Å². The number of sulfone groups is 1. The predicted octanol–water partition coefficient (Wildman–Crippen LogP) is 3.04. The molecule has 0 aliphatic rings. The molecule has 0 aromatic heterocycles. The largest absolute Gasteiger partial charge is 0.312 e. The van der Waals surface area contributed by atoms with Crippen LogP contribution in [0.3, 0.4) is 0 Å². The summed E-state index contributed by atoms with van der Waals surface area (Å²) in [6.45, 7) is 10.7. The molecular weight excluding hydrogens is 282 g/mol. The second-order valence-electron chi connectivity index (χ2n) is 6.46. The minimum Gasteiger partial charge on any atom is -0.312 e. The smallest absolute Gasteiger partial charge is 0.154 e. The molecule has 0 bridgehead atoms. The summed E-state index contributed by atoms with van der Waals surface area (Å²) in [4.78, 5) is 0. The van der Waals surface area contributed by atoms with Crippen LogP contribution in [0.1, 0.15) is 43.9 Å². The molecule has 0 amide bonds. The van der Waals surface area contributed by atoms with Crippen molar-refractivity contribution in [3.05, 3.63) is 34.9 Å². The zero-order valence-electron chi connectivity index (χ0n) is 14.2. The molecule has 0 fully saturated rings. The molecule has 0 saturated carbocycles. The number of rotatable bonds is 7. The number of aryl methyl sites for hydroxylation is 2. The Balaban J connectivity index is 3.16. The molecule has 1 unspecified atom stereocenters. The van der Waals surface area contributed by atoms with Crippen molar-refractivity contribution in [2.45, 2.75) is 58.2 Å². The summed E-state index contributed by atoms with van der Waals surface area (Å²) in [5.74, 6) is 0. The van der Waals surface area contributed by atoms with Gasteiger partial charge in [0.25, 0.3) is 0 Å². The topological polar surface area (TPSA) is 46.2 Å². The van der Waals surface area contributed by atoms with Crippen LogP contribution in [0.5, 0.6) is 0 Å². The van der Waals surface area contributed by atoms with E-state index in [2.05, 4.69) is 38.2 Å². The third-order valence-electron chi connectivity index (χ3n) is 4.49. The second-order valence-corrected chi connectivity index (χ2v) is 9.05. The van der Waals surface area contributed by atoms with Crippen LogP contribution >= 0.6 is 0 Å². The van der Waals surface area contributed by atoms with Crippen molar-refractivity contribution in [1.29, 1.82) is 0 Å². The Morgan fingerprint density at radius 1 is 1.19 bits per heavy atom. The van der Waals surface area contributed by atoms with Gasteiger partial charge in [0.15, 0.2) is 9.84 Å². The van der Waals surface area contributed by atoms with Gasteiger partial charge in [0.1, 0.15) is 0 Å². The Morgan fingerprint density at radius 3 is 2.14 bits per heavy atom. The Labute approximate surface area is 130 Å². The van der Waals surface area contributed by atoms with Gasteiger partial charge in [-0.05, 0) is 63.8 Å². The van der Waals surface area contributed by atoms with Crippen LogP contribution in [-0.4, -0.2) is 32.0 Å². The van der Waals surface area contributed by atoms with Crippen LogP contribution in [-0.2, 0) is 16.3 Å². The normalized spacial score (nSPS) is 14.2. The van der Waals surface area contributed by atoms with E-state index in [0.717, 1.165) is 19.4 Å². The molecule has 1 N–H and O–H groups in total. The molecule has 1 rings (SSSR count). The fourth-order valence-corrected chi connectivity index (χ4v) is 3.20. The van der Waals surface area contributed by atoms with Crippen LogP contribution in [0.15, 0.2) is 18.2 Å². The molecule has 0 saturated heterocycles. The lowest BCUT2D eigenvalue weighted by molar-refractivity contribution is 0.405. The van der Waals surface area contributed by atoms with Gasteiger partial charge in [0.05, 0.1) is 4.75 Å². The van der Waals surface area contributed by atoms with Crippen molar-refractivity contribution in [3.63, 3.8) is 0 Å². The molecule has 120 valence electrons. The lowest BCUT2D eigenvalue weighted by Gasteiger charge is -2.34. The first-order valence-electron chi connectivity index (χ1n) is 7.59. The summed E-state index contributed by atoms with van der Waals surface area (Å²) in [6.07, 6.45) is 3.06. The van der Waals surface area contributed by atoms with Crippen LogP contribution in [0.25, 0.3) is 0 Å². The first-order valence-corrected chi connectivity index (χ1v) is 9.48. The molecule has 3 nitrogen and oxygen atoms in total. The Bertz CT molecular complexity index is 556. The van der Waals surface area contributed by atoms with E-state index in [0.29, 0.717) is 0 Å². The quantitative estimate of drug-likeness (QED) is 0.842. The molecule has 1 aromatic carbocycles. The highest BCUT2D eigenvalue weighted by atomic mass is 32.2. The van der Waals surface area contributed by atoms with E-state index < -0.39 is 14.6 Å². The van der Waals surface area contributed by atoms with Crippen molar-refractivity contribution in [1.82, 2.24) is 5.32 Å². The average molecular weight is 311 g/mol. The van der Waals surface area contributed by atoms with Crippen LogP contribution < -0.4 is 5.32 Å². The van der Waals surface area contributed by atoms with Gasteiger partial charge in [-0.25, -0.2) is 8.42 Å². The van der Waals surface area contributed by atoms with Gasteiger partial charge in [0.2, 0.25) is 0 Å². The Morgan fingerprint density at radius 2 is 1.71 bits per heavy atom. The van der Waals surface area contributed by atoms with E-state index in [9.17, 15) is 8.42 Å². The lowest BCUT2D eigenvalue weighted by atomic mass is 9.90. The number of hydrogen-bond donors (Lipinski definition) is 1. The molecule has 0 aliphatic carbocycles. The van der Waals surface area contributed by atoms with E-state index in [1.807, 2.05) is 19.9 Å². The van der Waals surface area contributed by atoms with Crippen molar-refractivity contribution < 1.29 is 8.42 Å². The number of nitrogens with one attached hydrogen (secondary N) is 1. The van der Waals surface area contributed by atoms with Gasteiger partial charge in [-0.3, -0.25) is 0 Å². The minimum absolute atomic E-state index is 0.0905. The first-order chi connectivity index (χ1) is 9.61. The molecule has 0 radical (unpaired) electrons. The van der Waals surface area contributed by atoms with Gasteiger partial charge >= 0.3 is 0 Å². The highest BCUT2D eigenvalue weighted by Gasteiger charge is 2.38. The van der Waals surface area contributed by atoms with E-state index >= 15 is 0 Å². The SMILES string of the molecule is CCCNC(Cc1c(C)cccc1C)C(C)(C)S(C)(=O)=O. The van der Waals surface area contributed by atoms with Gasteiger partial charge < -0.3 is 5.32 Å². The van der Waals surface area contributed by atoms with Crippen LogP contribution in [0.2, 0.25) is 0 Å². The third kappa shape index (κ3) is 4.30. The number of hydrogen-bond acceptors (Lipinski definition) is 3. The highest BCUT2D eigenvalue weighted by molar-refractivity contribution is 7.92. The van der Waals surface area contributed by atoms with E-state index in [-0.39, 0.29) is 6.04 Å². The van der Waals surface area contributed by atoms with Crippen molar-refractivity contribution >= 4 is 9.84 Å². The highest BCUT2D eigenvalue weighted by Crippen LogP contribution is 2.25. The Hall–Kier alpha value is -0.870. The standard InChI is InChI=1S/C17H29NO2S/c1-7-11-18-16(17(4,5)21(6,19)20)12-15-13(2)9-8-10-14(15)3/h8-10,16,18H,7,11-12H2,1-6H3. The number of benzene rings is 1. The van der Waals surface area contributed by atoms with E-state index in [1.165, 1.54) is 22.9 Å². The van der Waals surface area contributed by atoms with Crippen LogP contribution in [0.4, 0.5) is 0 Å². The zero-order valence-corrected chi connectivity index (χ0v) is 15.0. The molecule has 21 heavy (non-hydrogen) atoms. The fraction of sp³-hybridized carbons (Fsp3) is 0.647. The van der Waals surface area contributed by atoms with Crippen LogP contribution in [0, 0.1) is 13.8 Å². The van der Waals surface area contributed by atoms with Gasteiger partial charge in [-0.15, -0.1) is 0 Å². The average Bonchev–Trinajstić information content (AvgIpc) is 2.35. The minimum atomic E-state index is -3.14. The molecule has 0 spiro atoms. The second kappa shape index (κ2) is 6.93. The molecular formula is C17H29NO2S. The fourth-order valence-electron chi connectivity index (χ4n) is 2.52.